The van der Waals surface area contributed by atoms with Gasteiger partial charge in [-0.15, -0.1) is 0 Å². The van der Waals surface area contributed by atoms with Crippen molar-refractivity contribution in [2.45, 2.75) is 13.0 Å². The third-order valence-electron chi connectivity index (χ3n) is 5.70. The number of halogens is 1. The number of morpholine rings is 1. The van der Waals surface area contributed by atoms with Crippen molar-refractivity contribution in [1.29, 1.82) is 0 Å². The summed E-state index contributed by atoms with van der Waals surface area (Å²) in [4.78, 5) is 25.8. The number of para-hydroxylation sites is 1. The Kier molecular flexibility index (Phi) is 6.92. The largest absolute Gasteiger partial charge is 0.369 e. The molecule has 5 rings (SSSR count). The van der Waals surface area contributed by atoms with Crippen LogP contribution >= 0.6 is 0 Å². The number of hydrogen-bond donors (Lipinski definition) is 3. The van der Waals surface area contributed by atoms with E-state index in [2.05, 4.69) is 25.9 Å². The Labute approximate surface area is 207 Å². The van der Waals surface area contributed by atoms with E-state index in [4.69, 9.17) is 9.72 Å². The normalized spacial score (nSPS) is 16.1. The second kappa shape index (κ2) is 10.6. The fourth-order valence-electron chi connectivity index (χ4n) is 4.11. The predicted octanol–water partition coefficient (Wildman–Crippen LogP) is 4.91. The highest BCUT2D eigenvalue weighted by Crippen LogP contribution is 2.31. The minimum Gasteiger partial charge on any atom is -0.369 e. The molecule has 1 aliphatic rings. The number of nitrogens with one attached hydrogen (secondary N) is 3. The quantitative estimate of drug-likeness (QED) is 0.334. The molecule has 36 heavy (non-hydrogen) atoms. The van der Waals surface area contributed by atoms with Crippen LogP contribution in [0, 0.1) is 0 Å². The summed E-state index contributed by atoms with van der Waals surface area (Å²) in [5.74, 6) is -0.651. The average molecular weight is 485 g/mol. The lowest BCUT2D eigenvalue weighted by Gasteiger charge is -2.24. The molecular weight excluding hydrogens is 459 g/mol. The minimum absolute atomic E-state index is 0.160. The number of rotatable bonds is 6. The Morgan fingerprint density at radius 3 is 2.89 bits per heavy atom. The van der Waals surface area contributed by atoms with Gasteiger partial charge in [0.1, 0.15) is 11.9 Å². The number of anilines is 3. The van der Waals surface area contributed by atoms with Crippen LogP contribution in [0.2, 0.25) is 0 Å². The summed E-state index contributed by atoms with van der Waals surface area (Å²) in [6, 6.07) is 17.0. The average Bonchev–Trinajstić information content (AvgIpc) is 2.89. The maximum Gasteiger partial charge on any atom is 0.250 e. The lowest BCUT2D eigenvalue weighted by Crippen LogP contribution is -2.34. The molecule has 0 bridgehead atoms. The number of aromatic nitrogens is 3. The number of allylic oxidation sites excluding steroid dienone is 1. The second-order valence-electron chi connectivity index (χ2n) is 8.36. The lowest BCUT2D eigenvalue weighted by molar-refractivity contribution is -0.112. The van der Waals surface area contributed by atoms with Crippen molar-refractivity contribution < 1.29 is 13.9 Å². The first-order valence-corrected chi connectivity index (χ1v) is 11.6. The van der Waals surface area contributed by atoms with Crippen molar-refractivity contribution in [3.05, 3.63) is 84.6 Å². The zero-order valence-corrected chi connectivity index (χ0v) is 19.7. The molecule has 9 heteroatoms. The van der Waals surface area contributed by atoms with Crippen molar-refractivity contribution in [3.8, 4) is 11.1 Å². The number of hydrogen-bond acceptors (Lipinski definition) is 7. The third-order valence-corrected chi connectivity index (χ3v) is 5.70. The van der Waals surface area contributed by atoms with Gasteiger partial charge in [0, 0.05) is 48.2 Å². The molecule has 3 heterocycles. The van der Waals surface area contributed by atoms with Crippen LogP contribution in [-0.2, 0) is 9.53 Å². The maximum atomic E-state index is 13.1. The molecule has 2 aromatic heterocycles. The number of carbonyl (C=O) groups excluding carboxylic acids is 1. The summed E-state index contributed by atoms with van der Waals surface area (Å²) in [5, 5.41) is 10.2. The van der Waals surface area contributed by atoms with Gasteiger partial charge in [-0.3, -0.25) is 9.78 Å². The molecule has 0 radical (unpaired) electrons. The Hall–Kier alpha value is -4.21. The van der Waals surface area contributed by atoms with Gasteiger partial charge < -0.3 is 20.7 Å². The van der Waals surface area contributed by atoms with Gasteiger partial charge in [-0.05, 0) is 36.8 Å². The van der Waals surface area contributed by atoms with Gasteiger partial charge in [0.15, 0.2) is 0 Å². The van der Waals surface area contributed by atoms with Crippen LogP contribution in [0.1, 0.15) is 18.7 Å². The van der Waals surface area contributed by atoms with Crippen molar-refractivity contribution in [2.24, 2.45) is 0 Å². The highest BCUT2D eigenvalue weighted by Gasteiger charge is 2.21. The molecule has 0 aliphatic carbocycles. The van der Waals surface area contributed by atoms with Crippen LogP contribution in [0.15, 0.2) is 78.9 Å². The number of pyridine rings is 1. The van der Waals surface area contributed by atoms with E-state index in [1.807, 2.05) is 48.5 Å². The van der Waals surface area contributed by atoms with Crippen LogP contribution in [0.25, 0.3) is 22.0 Å². The van der Waals surface area contributed by atoms with Crippen molar-refractivity contribution in [3.63, 3.8) is 0 Å². The van der Waals surface area contributed by atoms with E-state index >= 15 is 0 Å². The predicted molar refractivity (Wildman–Crippen MR) is 138 cm³/mol. The molecule has 1 aliphatic heterocycles. The third kappa shape index (κ3) is 5.37. The fraction of sp³-hybridized carbons (Fsp3) is 0.185. The number of nitrogens with zero attached hydrogens (tertiary/aromatic N) is 3. The summed E-state index contributed by atoms with van der Waals surface area (Å²) in [6.45, 7) is 3.35. The van der Waals surface area contributed by atoms with Crippen LogP contribution in [0.3, 0.4) is 0 Å². The first-order valence-electron chi connectivity index (χ1n) is 11.6. The molecule has 0 spiro atoms. The molecule has 182 valence electrons. The van der Waals surface area contributed by atoms with Gasteiger partial charge in [0.25, 0.3) is 5.91 Å². The Balaban J connectivity index is 1.47. The molecule has 4 aromatic rings. The number of amides is 1. The molecule has 1 fully saturated rings. The van der Waals surface area contributed by atoms with E-state index in [-0.39, 0.29) is 6.10 Å². The van der Waals surface area contributed by atoms with E-state index in [1.165, 1.54) is 6.92 Å². The number of carbonyl (C=O) groups is 1. The minimum atomic E-state index is -0.558. The summed E-state index contributed by atoms with van der Waals surface area (Å²) >= 11 is 0. The number of benzene rings is 2. The van der Waals surface area contributed by atoms with Crippen molar-refractivity contribution in [1.82, 2.24) is 20.3 Å². The summed E-state index contributed by atoms with van der Waals surface area (Å²) in [7, 11) is 0. The van der Waals surface area contributed by atoms with E-state index in [1.54, 1.807) is 18.5 Å². The first-order chi connectivity index (χ1) is 17.6. The van der Waals surface area contributed by atoms with Gasteiger partial charge >= 0.3 is 0 Å². The van der Waals surface area contributed by atoms with E-state index < -0.39 is 11.7 Å². The molecular formula is C27H25FN6O2. The van der Waals surface area contributed by atoms with Crippen LogP contribution in [0.4, 0.5) is 21.7 Å². The maximum absolute atomic E-state index is 13.1. The molecule has 1 unspecified atom stereocenters. The molecule has 1 amide bonds. The van der Waals surface area contributed by atoms with E-state index in [0.717, 1.165) is 46.0 Å². The molecule has 3 N–H and O–H groups in total. The van der Waals surface area contributed by atoms with E-state index in [0.29, 0.717) is 24.8 Å². The smallest absolute Gasteiger partial charge is 0.250 e. The van der Waals surface area contributed by atoms with E-state index in [9.17, 15) is 9.18 Å². The van der Waals surface area contributed by atoms with Gasteiger partial charge in [-0.2, -0.15) is 0 Å². The molecule has 1 atom stereocenters. The molecule has 1 saturated heterocycles. The standard InChI is InChI=1S/C27H25FN6O2/c1-17(28)13-24(35)32-20-7-2-5-18(14-20)21-8-3-6-19-15-31-27(34-25(19)21)33-22-9-4-10-30-26(22)23-16-29-11-12-36-23/h2-10,13-15,23,29H,11-12,16H2,1H3,(H,32,35)(H,31,33,34)/b17-13+. The zero-order valence-electron chi connectivity index (χ0n) is 19.7. The summed E-state index contributed by atoms with van der Waals surface area (Å²) < 4.78 is 19.0. The highest BCUT2D eigenvalue weighted by atomic mass is 19.1. The van der Waals surface area contributed by atoms with Crippen LogP contribution < -0.4 is 16.0 Å². The first kappa shape index (κ1) is 23.5. The Bertz CT molecular complexity index is 1430. The molecule has 0 saturated carbocycles. The molecule has 8 nitrogen and oxygen atoms in total. The van der Waals surface area contributed by atoms with Gasteiger partial charge in [0.05, 0.1) is 23.5 Å². The topological polar surface area (TPSA) is 101 Å². The Morgan fingerprint density at radius 2 is 2.06 bits per heavy atom. The fourth-order valence-corrected chi connectivity index (χ4v) is 4.11. The second-order valence-corrected chi connectivity index (χ2v) is 8.36. The van der Waals surface area contributed by atoms with Gasteiger partial charge in [-0.1, -0.05) is 30.3 Å². The zero-order chi connectivity index (χ0) is 24.9. The van der Waals surface area contributed by atoms with Crippen LogP contribution in [-0.4, -0.2) is 40.6 Å². The van der Waals surface area contributed by atoms with Gasteiger partial charge in [0.2, 0.25) is 5.95 Å². The van der Waals surface area contributed by atoms with Crippen molar-refractivity contribution >= 4 is 34.1 Å². The summed E-state index contributed by atoms with van der Waals surface area (Å²) in [6.07, 6.45) is 4.27. The highest BCUT2D eigenvalue weighted by molar-refractivity contribution is 6.00. The lowest BCUT2D eigenvalue weighted by atomic mass is 10.0. The monoisotopic (exact) mass is 484 g/mol. The SMILES string of the molecule is C/C(F)=C\C(=O)Nc1cccc(-c2cccc3cnc(Nc4cccnc4C4CNCCO4)nc23)c1. The Morgan fingerprint density at radius 1 is 1.17 bits per heavy atom. The number of ether oxygens (including phenoxy) is 1. The molecule has 2 aromatic carbocycles. The van der Waals surface area contributed by atoms with Crippen LogP contribution in [0.5, 0.6) is 0 Å². The number of fused-ring (bicyclic) bond motifs is 1. The van der Waals surface area contributed by atoms with Crippen molar-refractivity contribution in [2.75, 3.05) is 30.3 Å². The summed E-state index contributed by atoms with van der Waals surface area (Å²) in [5.41, 5.74) is 4.61. The van der Waals surface area contributed by atoms with Gasteiger partial charge in [-0.25, -0.2) is 14.4 Å².